The minimum Gasteiger partial charge on any atom is -0.475 e. The Bertz CT molecular complexity index is 278. The van der Waals surface area contributed by atoms with Gasteiger partial charge in [-0.1, -0.05) is 0 Å². The number of piperidine rings is 1. The zero-order valence-electron chi connectivity index (χ0n) is 9.60. The second-order valence-electron chi connectivity index (χ2n) is 3.87. The Labute approximate surface area is 107 Å². The van der Waals surface area contributed by atoms with E-state index in [4.69, 9.17) is 21.5 Å². The average Bonchev–Trinajstić information content (AvgIpc) is 2.29. The number of Topliss-reactive ketones (excluding diaryl/α,β-unsaturated/α-hetero) is 1. The maximum atomic E-state index is 10.9. The molecule has 8 heteroatoms. The molecule has 1 fully saturated rings. The number of halogens is 4. The van der Waals surface area contributed by atoms with Gasteiger partial charge in [-0.25, -0.2) is 4.79 Å². The summed E-state index contributed by atoms with van der Waals surface area (Å²) in [5.74, 6) is -1.79. The van der Waals surface area contributed by atoms with E-state index in [1.807, 2.05) is 0 Å². The highest BCUT2D eigenvalue weighted by molar-refractivity contribution is 6.27. The fourth-order valence-corrected chi connectivity index (χ4v) is 1.57. The van der Waals surface area contributed by atoms with Crippen LogP contribution in [0, 0.1) is 5.92 Å². The molecule has 18 heavy (non-hydrogen) atoms. The van der Waals surface area contributed by atoms with Crippen LogP contribution < -0.4 is 5.32 Å². The number of carboxylic acid groups (broad SMARTS) is 1. The SMILES string of the molecule is O=C(CCl)CC1CCNCC1.O=C(O)C(F)(F)F. The lowest BCUT2D eigenvalue weighted by atomic mass is 9.93. The fraction of sp³-hybridized carbons (Fsp3) is 0.800. The van der Waals surface area contributed by atoms with Crippen LogP contribution in [0.4, 0.5) is 13.2 Å². The number of hydrogen-bond acceptors (Lipinski definition) is 3. The van der Waals surface area contributed by atoms with Gasteiger partial charge < -0.3 is 10.4 Å². The molecule has 0 aromatic carbocycles. The van der Waals surface area contributed by atoms with Crippen molar-refractivity contribution in [1.82, 2.24) is 5.32 Å². The van der Waals surface area contributed by atoms with Gasteiger partial charge in [-0.05, 0) is 31.8 Å². The van der Waals surface area contributed by atoms with E-state index in [-0.39, 0.29) is 11.7 Å². The number of carboxylic acids is 1. The zero-order chi connectivity index (χ0) is 14.2. The lowest BCUT2D eigenvalue weighted by Gasteiger charge is -2.21. The molecule has 1 aliphatic heterocycles. The molecule has 1 aliphatic rings. The number of hydrogen-bond donors (Lipinski definition) is 2. The predicted molar refractivity (Wildman–Crippen MR) is 59.6 cm³/mol. The topological polar surface area (TPSA) is 66.4 Å². The summed E-state index contributed by atoms with van der Waals surface area (Å²) >= 11 is 5.41. The van der Waals surface area contributed by atoms with Crippen LogP contribution in [-0.2, 0) is 9.59 Å². The lowest BCUT2D eigenvalue weighted by molar-refractivity contribution is -0.192. The molecule has 0 unspecified atom stereocenters. The monoisotopic (exact) mass is 289 g/mol. The van der Waals surface area contributed by atoms with Gasteiger partial charge in [0.1, 0.15) is 5.78 Å². The summed E-state index contributed by atoms with van der Waals surface area (Å²) in [4.78, 5) is 19.8. The van der Waals surface area contributed by atoms with Crippen molar-refractivity contribution in [3.8, 4) is 0 Å². The van der Waals surface area contributed by atoms with E-state index in [0.717, 1.165) is 25.9 Å². The minimum absolute atomic E-state index is 0.184. The van der Waals surface area contributed by atoms with Crippen molar-refractivity contribution in [2.24, 2.45) is 5.92 Å². The first-order valence-corrected chi connectivity index (χ1v) is 5.89. The first kappa shape index (κ1) is 17.2. The van der Waals surface area contributed by atoms with E-state index in [9.17, 15) is 18.0 Å². The van der Waals surface area contributed by atoms with Crippen molar-refractivity contribution in [3.63, 3.8) is 0 Å². The molecule has 0 bridgehead atoms. The summed E-state index contributed by atoms with van der Waals surface area (Å²) in [6, 6.07) is 0. The van der Waals surface area contributed by atoms with Crippen LogP contribution in [0.5, 0.6) is 0 Å². The summed E-state index contributed by atoms with van der Waals surface area (Å²) in [6.07, 6.45) is -2.14. The van der Waals surface area contributed by atoms with Crippen LogP contribution in [-0.4, -0.2) is 42.0 Å². The largest absolute Gasteiger partial charge is 0.490 e. The van der Waals surface area contributed by atoms with Crippen molar-refractivity contribution in [2.75, 3.05) is 19.0 Å². The molecule has 0 radical (unpaired) electrons. The number of nitrogens with one attached hydrogen (secondary N) is 1. The molecule has 2 N–H and O–H groups in total. The molecule has 106 valence electrons. The highest BCUT2D eigenvalue weighted by atomic mass is 35.5. The molecule has 0 spiro atoms. The molecular weight excluding hydrogens is 275 g/mol. The van der Waals surface area contributed by atoms with Gasteiger partial charge in [-0.3, -0.25) is 4.79 Å². The summed E-state index contributed by atoms with van der Waals surface area (Å²) in [5, 5.41) is 10.4. The van der Waals surface area contributed by atoms with Crippen molar-refractivity contribution in [2.45, 2.75) is 25.4 Å². The highest BCUT2D eigenvalue weighted by Gasteiger charge is 2.38. The van der Waals surface area contributed by atoms with E-state index >= 15 is 0 Å². The molecule has 1 heterocycles. The zero-order valence-corrected chi connectivity index (χ0v) is 10.4. The molecule has 0 aliphatic carbocycles. The Morgan fingerprint density at radius 1 is 1.28 bits per heavy atom. The maximum absolute atomic E-state index is 10.9. The van der Waals surface area contributed by atoms with Crippen LogP contribution in [0.2, 0.25) is 0 Å². The normalized spacial score (nSPS) is 16.7. The molecule has 0 atom stereocenters. The smallest absolute Gasteiger partial charge is 0.475 e. The van der Waals surface area contributed by atoms with E-state index in [1.165, 1.54) is 0 Å². The molecule has 1 rings (SSSR count). The van der Waals surface area contributed by atoms with Gasteiger partial charge in [-0.15, -0.1) is 11.6 Å². The molecule has 0 aromatic rings. The standard InChI is InChI=1S/C8H14ClNO.C2HF3O2/c9-6-8(11)5-7-1-3-10-4-2-7;3-2(4,5)1(6)7/h7,10H,1-6H2;(H,6,7). The van der Waals surface area contributed by atoms with Gasteiger partial charge in [0.25, 0.3) is 0 Å². The second kappa shape index (κ2) is 8.31. The van der Waals surface area contributed by atoms with Crippen molar-refractivity contribution in [3.05, 3.63) is 0 Å². The van der Waals surface area contributed by atoms with E-state index in [0.29, 0.717) is 12.3 Å². The Morgan fingerprint density at radius 3 is 2.06 bits per heavy atom. The molecule has 4 nitrogen and oxygen atoms in total. The van der Waals surface area contributed by atoms with Crippen LogP contribution >= 0.6 is 11.6 Å². The molecule has 1 saturated heterocycles. The average molecular weight is 290 g/mol. The third kappa shape index (κ3) is 8.30. The van der Waals surface area contributed by atoms with Gasteiger partial charge in [0.15, 0.2) is 0 Å². The van der Waals surface area contributed by atoms with Crippen molar-refractivity contribution >= 4 is 23.4 Å². The van der Waals surface area contributed by atoms with Gasteiger partial charge in [0.2, 0.25) is 0 Å². The third-order valence-corrected chi connectivity index (χ3v) is 2.66. The fourth-order valence-electron chi connectivity index (χ4n) is 1.46. The minimum atomic E-state index is -5.08. The molecular formula is C10H15ClF3NO3. The number of alkyl halides is 4. The maximum Gasteiger partial charge on any atom is 0.490 e. The summed E-state index contributed by atoms with van der Waals surface area (Å²) in [6.45, 7) is 2.11. The molecule has 0 amide bonds. The van der Waals surface area contributed by atoms with E-state index in [2.05, 4.69) is 5.32 Å². The molecule has 0 aromatic heterocycles. The van der Waals surface area contributed by atoms with Crippen LogP contribution in [0.1, 0.15) is 19.3 Å². The van der Waals surface area contributed by atoms with E-state index < -0.39 is 12.1 Å². The summed E-state index contributed by atoms with van der Waals surface area (Å²) in [7, 11) is 0. The summed E-state index contributed by atoms with van der Waals surface area (Å²) in [5.41, 5.74) is 0. The van der Waals surface area contributed by atoms with Crippen molar-refractivity contribution in [1.29, 1.82) is 0 Å². The Kier molecular flexibility index (Phi) is 7.93. The van der Waals surface area contributed by atoms with Crippen LogP contribution in [0.3, 0.4) is 0 Å². The predicted octanol–water partition coefficient (Wildman–Crippen LogP) is 1.82. The Hall–Kier alpha value is -0.820. The number of ketones is 1. The highest BCUT2D eigenvalue weighted by Crippen LogP contribution is 2.16. The first-order valence-electron chi connectivity index (χ1n) is 5.36. The number of rotatable bonds is 3. The molecule has 0 saturated carbocycles. The van der Waals surface area contributed by atoms with Crippen LogP contribution in [0.25, 0.3) is 0 Å². The number of carbonyl (C=O) groups is 2. The van der Waals surface area contributed by atoms with Gasteiger partial charge in [-0.2, -0.15) is 13.2 Å². The van der Waals surface area contributed by atoms with Gasteiger partial charge in [0, 0.05) is 6.42 Å². The van der Waals surface area contributed by atoms with Gasteiger partial charge in [0.05, 0.1) is 5.88 Å². The van der Waals surface area contributed by atoms with Crippen molar-refractivity contribution < 1.29 is 27.9 Å². The number of carbonyl (C=O) groups excluding carboxylic acids is 1. The second-order valence-corrected chi connectivity index (χ2v) is 4.14. The summed E-state index contributed by atoms with van der Waals surface area (Å²) < 4.78 is 31.7. The van der Waals surface area contributed by atoms with Crippen LogP contribution in [0.15, 0.2) is 0 Å². The quantitative estimate of drug-likeness (QED) is 0.778. The number of aliphatic carboxylic acids is 1. The first-order chi connectivity index (χ1) is 8.27. The van der Waals surface area contributed by atoms with Gasteiger partial charge >= 0.3 is 12.1 Å². The Morgan fingerprint density at radius 2 is 1.72 bits per heavy atom. The lowest BCUT2D eigenvalue weighted by Crippen LogP contribution is -2.29. The van der Waals surface area contributed by atoms with E-state index in [1.54, 1.807) is 0 Å². The third-order valence-electron chi connectivity index (χ3n) is 2.37. The Balaban J connectivity index is 0.000000360.